The minimum atomic E-state index is -0.437. The van der Waals surface area contributed by atoms with Crippen LogP contribution in [-0.4, -0.2) is 24.7 Å². The summed E-state index contributed by atoms with van der Waals surface area (Å²) in [4.78, 5) is 17.5. The summed E-state index contributed by atoms with van der Waals surface area (Å²) in [7, 11) is 0. The van der Waals surface area contributed by atoms with Gasteiger partial charge in [-0.1, -0.05) is 12.1 Å². The van der Waals surface area contributed by atoms with Gasteiger partial charge in [-0.25, -0.2) is 9.79 Å². The molecule has 0 N–H and O–H groups in total. The third-order valence-corrected chi connectivity index (χ3v) is 4.20. The Labute approximate surface area is 145 Å². The van der Waals surface area contributed by atoms with E-state index < -0.39 is 5.97 Å². The minimum Gasteiger partial charge on any atom is -0.494 e. The minimum absolute atomic E-state index is 0.302. The molecule has 1 aliphatic rings. The van der Waals surface area contributed by atoms with E-state index >= 15 is 0 Å². The fourth-order valence-corrected chi connectivity index (χ4v) is 2.66. The number of hydrogen-bond donors (Lipinski definition) is 0. The van der Waals surface area contributed by atoms with E-state index in [4.69, 9.17) is 9.47 Å². The standard InChI is InChI=1S/C19H17NO3S/c1-3-22-15-8-6-14(7-9-15)18-20-17(19(21)23-18)12-13-4-10-16(24-2)11-5-13/h4-12H,3H2,1-2H3/b17-12-. The molecular weight excluding hydrogens is 322 g/mol. The van der Waals surface area contributed by atoms with Crippen LogP contribution in [0.15, 0.2) is 64.1 Å². The molecule has 0 amide bonds. The van der Waals surface area contributed by atoms with Crippen LogP contribution in [0, 0.1) is 0 Å². The maximum Gasteiger partial charge on any atom is 0.363 e. The van der Waals surface area contributed by atoms with Crippen molar-refractivity contribution in [1.82, 2.24) is 0 Å². The summed E-state index contributed by atoms with van der Waals surface area (Å²) in [6.45, 7) is 2.54. The van der Waals surface area contributed by atoms with Gasteiger partial charge in [0.1, 0.15) is 5.75 Å². The number of cyclic esters (lactones) is 1. The second-order valence-corrected chi connectivity index (χ2v) is 5.95. The van der Waals surface area contributed by atoms with Gasteiger partial charge in [-0.3, -0.25) is 0 Å². The second kappa shape index (κ2) is 7.36. The van der Waals surface area contributed by atoms with E-state index in [0.29, 0.717) is 18.2 Å². The second-order valence-electron chi connectivity index (χ2n) is 5.07. The van der Waals surface area contributed by atoms with Crippen LogP contribution in [0.2, 0.25) is 0 Å². The molecule has 0 radical (unpaired) electrons. The zero-order valence-electron chi connectivity index (χ0n) is 13.5. The van der Waals surface area contributed by atoms with Gasteiger partial charge in [0.15, 0.2) is 5.70 Å². The topological polar surface area (TPSA) is 47.9 Å². The van der Waals surface area contributed by atoms with E-state index in [0.717, 1.165) is 16.9 Å². The summed E-state index contributed by atoms with van der Waals surface area (Å²) in [5, 5.41) is 0. The zero-order chi connectivity index (χ0) is 16.9. The number of hydrogen-bond acceptors (Lipinski definition) is 5. The highest BCUT2D eigenvalue weighted by atomic mass is 32.2. The van der Waals surface area contributed by atoms with Gasteiger partial charge in [-0.2, -0.15) is 0 Å². The van der Waals surface area contributed by atoms with E-state index in [1.165, 1.54) is 4.90 Å². The largest absolute Gasteiger partial charge is 0.494 e. The van der Waals surface area contributed by atoms with Crippen molar-refractivity contribution in [3.63, 3.8) is 0 Å². The van der Waals surface area contributed by atoms with Crippen LogP contribution in [-0.2, 0) is 9.53 Å². The molecule has 0 aromatic heterocycles. The first-order chi connectivity index (χ1) is 11.7. The molecule has 0 spiro atoms. The molecule has 2 aromatic carbocycles. The molecule has 0 bridgehead atoms. The molecular formula is C19H17NO3S. The van der Waals surface area contributed by atoms with Crippen molar-refractivity contribution in [2.24, 2.45) is 4.99 Å². The molecule has 4 nitrogen and oxygen atoms in total. The molecule has 0 saturated heterocycles. The van der Waals surface area contributed by atoms with Crippen LogP contribution in [0.25, 0.3) is 6.08 Å². The predicted octanol–water partition coefficient (Wildman–Crippen LogP) is 4.15. The monoisotopic (exact) mass is 339 g/mol. The molecule has 0 atom stereocenters. The Morgan fingerprint density at radius 2 is 1.83 bits per heavy atom. The van der Waals surface area contributed by atoms with Crippen LogP contribution in [0.1, 0.15) is 18.1 Å². The van der Waals surface area contributed by atoms with E-state index in [9.17, 15) is 4.79 Å². The van der Waals surface area contributed by atoms with Crippen molar-refractivity contribution >= 4 is 29.7 Å². The van der Waals surface area contributed by atoms with Gasteiger partial charge in [-0.15, -0.1) is 11.8 Å². The summed E-state index contributed by atoms with van der Waals surface area (Å²) < 4.78 is 10.7. The number of esters is 1. The fourth-order valence-electron chi connectivity index (χ4n) is 2.25. The Balaban J connectivity index is 1.82. The highest BCUT2D eigenvalue weighted by Gasteiger charge is 2.24. The molecule has 3 rings (SSSR count). The normalized spacial score (nSPS) is 15.3. The van der Waals surface area contributed by atoms with Crippen LogP contribution in [0.5, 0.6) is 5.75 Å². The molecule has 0 aliphatic carbocycles. The summed E-state index contributed by atoms with van der Waals surface area (Å²) in [6.07, 6.45) is 3.75. The summed E-state index contributed by atoms with van der Waals surface area (Å²) >= 11 is 1.67. The molecule has 5 heteroatoms. The average molecular weight is 339 g/mol. The lowest BCUT2D eigenvalue weighted by molar-refractivity contribution is -0.129. The quantitative estimate of drug-likeness (QED) is 0.466. The summed E-state index contributed by atoms with van der Waals surface area (Å²) in [5.41, 5.74) is 1.96. The van der Waals surface area contributed by atoms with Gasteiger partial charge in [0.25, 0.3) is 0 Å². The number of ether oxygens (including phenoxy) is 2. The number of aliphatic imine (C=N–C) groups is 1. The lowest BCUT2D eigenvalue weighted by atomic mass is 10.2. The van der Waals surface area contributed by atoms with Crippen molar-refractivity contribution in [3.05, 3.63) is 65.4 Å². The molecule has 1 heterocycles. The summed E-state index contributed by atoms with van der Waals surface area (Å²) in [5.74, 6) is 0.652. The Morgan fingerprint density at radius 3 is 2.46 bits per heavy atom. The van der Waals surface area contributed by atoms with E-state index in [1.807, 2.05) is 61.7 Å². The van der Waals surface area contributed by atoms with Gasteiger partial charge in [0.2, 0.25) is 5.90 Å². The van der Waals surface area contributed by atoms with Crippen molar-refractivity contribution in [2.45, 2.75) is 11.8 Å². The molecule has 0 saturated carbocycles. The van der Waals surface area contributed by atoms with Crippen molar-refractivity contribution in [1.29, 1.82) is 0 Å². The number of nitrogens with zero attached hydrogens (tertiary/aromatic N) is 1. The molecule has 0 fully saturated rings. The van der Waals surface area contributed by atoms with Gasteiger partial charge >= 0.3 is 5.97 Å². The smallest absolute Gasteiger partial charge is 0.363 e. The van der Waals surface area contributed by atoms with Crippen molar-refractivity contribution in [3.8, 4) is 5.75 Å². The third kappa shape index (κ3) is 3.68. The fraction of sp³-hybridized carbons (Fsp3) is 0.158. The molecule has 24 heavy (non-hydrogen) atoms. The Bertz CT molecular complexity index is 792. The van der Waals surface area contributed by atoms with Crippen molar-refractivity contribution in [2.75, 3.05) is 12.9 Å². The molecule has 1 aliphatic heterocycles. The summed E-state index contributed by atoms with van der Waals surface area (Å²) in [6, 6.07) is 15.2. The lowest BCUT2D eigenvalue weighted by Crippen LogP contribution is -2.05. The van der Waals surface area contributed by atoms with E-state index in [-0.39, 0.29) is 0 Å². The van der Waals surface area contributed by atoms with Crippen LogP contribution >= 0.6 is 11.8 Å². The lowest BCUT2D eigenvalue weighted by Gasteiger charge is -2.03. The first-order valence-corrected chi connectivity index (χ1v) is 8.82. The van der Waals surface area contributed by atoms with Crippen LogP contribution < -0.4 is 4.74 Å². The maximum absolute atomic E-state index is 12.0. The highest BCUT2D eigenvalue weighted by Crippen LogP contribution is 2.22. The van der Waals surface area contributed by atoms with E-state index in [1.54, 1.807) is 17.8 Å². The third-order valence-electron chi connectivity index (χ3n) is 3.45. The predicted molar refractivity (Wildman–Crippen MR) is 96.4 cm³/mol. The number of thioether (sulfide) groups is 1. The Hall–Kier alpha value is -2.53. The van der Waals surface area contributed by atoms with Gasteiger partial charge < -0.3 is 9.47 Å². The number of carbonyl (C=O) groups is 1. The highest BCUT2D eigenvalue weighted by molar-refractivity contribution is 7.98. The van der Waals surface area contributed by atoms with Crippen LogP contribution in [0.3, 0.4) is 0 Å². The van der Waals surface area contributed by atoms with Gasteiger partial charge in [-0.05, 0) is 61.2 Å². The SMILES string of the molecule is CCOc1ccc(C2=N/C(=C\c3ccc(SC)cc3)C(=O)O2)cc1. The molecule has 0 unspecified atom stereocenters. The molecule has 122 valence electrons. The number of benzene rings is 2. The maximum atomic E-state index is 12.0. The molecule has 2 aromatic rings. The Kier molecular flexibility index (Phi) is 5.01. The number of carbonyl (C=O) groups excluding carboxylic acids is 1. The van der Waals surface area contributed by atoms with Crippen LogP contribution in [0.4, 0.5) is 0 Å². The Morgan fingerprint density at radius 1 is 1.12 bits per heavy atom. The first kappa shape index (κ1) is 16.3. The van der Waals surface area contributed by atoms with E-state index in [2.05, 4.69) is 4.99 Å². The zero-order valence-corrected chi connectivity index (χ0v) is 14.3. The van der Waals surface area contributed by atoms with Gasteiger partial charge in [0.05, 0.1) is 6.61 Å². The average Bonchev–Trinajstić information content (AvgIpc) is 2.97. The van der Waals surface area contributed by atoms with Gasteiger partial charge in [0, 0.05) is 10.5 Å². The first-order valence-electron chi connectivity index (χ1n) is 7.59. The number of rotatable bonds is 5. The van der Waals surface area contributed by atoms with Crippen molar-refractivity contribution < 1.29 is 14.3 Å².